The van der Waals surface area contributed by atoms with Gasteiger partial charge in [0.2, 0.25) is 0 Å². The van der Waals surface area contributed by atoms with E-state index in [1.807, 2.05) is 6.92 Å². The Kier molecular flexibility index (Phi) is 6.24. The zero-order valence-corrected chi connectivity index (χ0v) is 17.9. The van der Waals surface area contributed by atoms with Gasteiger partial charge in [0.25, 0.3) is 5.56 Å². The van der Waals surface area contributed by atoms with Crippen LogP contribution in [-0.4, -0.2) is 47.2 Å². The molecule has 0 amide bonds. The van der Waals surface area contributed by atoms with Crippen molar-refractivity contribution in [2.45, 2.75) is 13.5 Å². The summed E-state index contributed by atoms with van der Waals surface area (Å²) in [4.78, 5) is 20.4. The van der Waals surface area contributed by atoms with Crippen LogP contribution in [-0.2, 0) is 6.54 Å². The molecule has 1 aliphatic heterocycles. The third-order valence-corrected chi connectivity index (χ3v) is 5.54. The summed E-state index contributed by atoms with van der Waals surface area (Å²) in [5.74, 6) is 0.329. The van der Waals surface area contributed by atoms with Gasteiger partial charge in [-0.05, 0) is 31.2 Å². The molecule has 158 valence electrons. The van der Waals surface area contributed by atoms with Gasteiger partial charge in [0.1, 0.15) is 17.4 Å². The van der Waals surface area contributed by atoms with E-state index in [1.165, 1.54) is 10.6 Å². The van der Waals surface area contributed by atoms with Gasteiger partial charge in [0.05, 0.1) is 34.8 Å². The third-order valence-electron chi connectivity index (χ3n) is 5.02. The summed E-state index contributed by atoms with van der Waals surface area (Å²) >= 11 is 12.1. The summed E-state index contributed by atoms with van der Waals surface area (Å²) in [6.07, 6.45) is 0. The van der Waals surface area contributed by atoms with Crippen molar-refractivity contribution in [1.29, 1.82) is 0 Å². The highest BCUT2D eigenvalue weighted by Crippen LogP contribution is 2.28. The highest BCUT2D eigenvalue weighted by Gasteiger charge is 2.20. The summed E-state index contributed by atoms with van der Waals surface area (Å²) < 4.78 is 21.3. The monoisotopic (exact) mass is 450 g/mol. The molecule has 30 heavy (non-hydrogen) atoms. The van der Waals surface area contributed by atoms with Crippen molar-refractivity contribution in [1.82, 2.24) is 19.8 Å². The number of nitrogens with one attached hydrogen (secondary N) is 1. The predicted molar refractivity (Wildman–Crippen MR) is 117 cm³/mol. The van der Waals surface area contributed by atoms with Crippen LogP contribution in [0, 0.1) is 5.82 Å². The molecule has 0 saturated carbocycles. The summed E-state index contributed by atoms with van der Waals surface area (Å²) in [7, 11) is 0. The van der Waals surface area contributed by atoms with E-state index in [4.69, 9.17) is 32.9 Å². The van der Waals surface area contributed by atoms with E-state index in [0.29, 0.717) is 41.0 Å². The molecule has 6 nitrogen and oxygen atoms in total. The van der Waals surface area contributed by atoms with Gasteiger partial charge >= 0.3 is 0 Å². The fourth-order valence-corrected chi connectivity index (χ4v) is 3.91. The Morgan fingerprint density at radius 1 is 1.20 bits per heavy atom. The first-order chi connectivity index (χ1) is 14.5. The van der Waals surface area contributed by atoms with Crippen molar-refractivity contribution in [2.75, 3.05) is 32.8 Å². The number of hydrogen-bond acceptors (Lipinski definition) is 5. The molecule has 0 atom stereocenters. The third kappa shape index (κ3) is 4.16. The first kappa shape index (κ1) is 21.1. The Balaban J connectivity index is 1.96. The number of ether oxygens (including phenoxy) is 1. The predicted octanol–water partition coefficient (Wildman–Crippen LogP) is 3.64. The second-order valence-corrected chi connectivity index (χ2v) is 7.87. The molecule has 3 aromatic rings. The van der Waals surface area contributed by atoms with Gasteiger partial charge in [0, 0.05) is 37.3 Å². The van der Waals surface area contributed by atoms with Gasteiger partial charge in [-0.15, -0.1) is 0 Å². The average molecular weight is 451 g/mol. The van der Waals surface area contributed by atoms with Crippen LogP contribution in [0.1, 0.15) is 12.7 Å². The number of hydrogen-bond donors (Lipinski definition) is 1. The first-order valence-electron chi connectivity index (χ1n) is 9.74. The van der Waals surface area contributed by atoms with Crippen LogP contribution in [0.5, 0.6) is 5.75 Å². The molecule has 4 rings (SSSR count). The minimum Gasteiger partial charge on any atom is -0.492 e. The number of aromatic nitrogens is 2. The number of nitrogens with zero attached hydrogens (tertiary/aromatic N) is 3. The molecule has 0 bridgehead atoms. The molecule has 9 heteroatoms. The zero-order chi connectivity index (χ0) is 21.3. The van der Waals surface area contributed by atoms with Crippen LogP contribution in [0.4, 0.5) is 4.39 Å². The Hall–Kier alpha value is -2.19. The van der Waals surface area contributed by atoms with E-state index in [1.54, 1.807) is 18.2 Å². The van der Waals surface area contributed by atoms with Gasteiger partial charge in [-0.2, -0.15) is 0 Å². The van der Waals surface area contributed by atoms with E-state index in [2.05, 4.69) is 10.2 Å². The highest BCUT2D eigenvalue weighted by molar-refractivity contribution is 6.31. The van der Waals surface area contributed by atoms with Crippen LogP contribution < -0.4 is 15.6 Å². The largest absolute Gasteiger partial charge is 0.492 e. The Bertz CT molecular complexity index is 1150. The van der Waals surface area contributed by atoms with E-state index >= 15 is 0 Å². The molecule has 1 fully saturated rings. The fraction of sp³-hybridized carbons (Fsp3) is 0.333. The molecular formula is C21H21Cl2FN4O2. The van der Waals surface area contributed by atoms with E-state index < -0.39 is 5.82 Å². The minimum atomic E-state index is -0.661. The second-order valence-electron chi connectivity index (χ2n) is 7.02. The summed E-state index contributed by atoms with van der Waals surface area (Å²) in [5, 5.41) is 3.88. The van der Waals surface area contributed by atoms with Crippen molar-refractivity contribution in [3.05, 3.63) is 62.4 Å². The van der Waals surface area contributed by atoms with Crippen molar-refractivity contribution < 1.29 is 9.13 Å². The topological polar surface area (TPSA) is 59.4 Å². The van der Waals surface area contributed by atoms with Crippen molar-refractivity contribution >= 4 is 34.1 Å². The van der Waals surface area contributed by atoms with Gasteiger partial charge in [-0.25, -0.2) is 9.37 Å². The van der Waals surface area contributed by atoms with E-state index in [0.717, 1.165) is 32.2 Å². The SMILES string of the molecule is CCOc1cc(Cl)ccc1-n1c(CN2CCNCC2)nc2cc(Cl)c(F)cc2c1=O. The summed E-state index contributed by atoms with van der Waals surface area (Å²) in [6.45, 7) is 6.09. The highest BCUT2D eigenvalue weighted by atomic mass is 35.5. The van der Waals surface area contributed by atoms with Crippen molar-refractivity contribution in [2.24, 2.45) is 0 Å². The minimum absolute atomic E-state index is 0.0678. The molecule has 1 saturated heterocycles. The van der Waals surface area contributed by atoms with Crippen LogP contribution in [0.3, 0.4) is 0 Å². The molecule has 1 aromatic heterocycles. The lowest BCUT2D eigenvalue weighted by molar-refractivity contribution is 0.226. The van der Waals surface area contributed by atoms with Crippen molar-refractivity contribution in [3.63, 3.8) is 0 Å². The number of halogens is 3. The normalized spacial score (nSPS) is 14.9. The lowest BCUT2D eigenvalue weighted by Gasteiger charge is -2.28. The quantitative estimate of drug-likeness (QED) is 0.642. The molecule has 0 unspecified atom stereocenters. The van der Waals surface area contributed by atoms with Crippen LogP contribution in [0.25, 0.3) is 16.6 Å². The van der Waals surface area contributed by atoms with Gasteiger partial charge in [-0.3, -0.25) is 14.3 Å². The molecular weight excluding hydrogens is 430 g/mol. The molecule has 0 radical (unpaired) electrons. The van der Waals surface area contributed by atoms with Gasteiger partial charge in [0.15, 0.2) is 0 Å². The standard InChI is InChI=1S/C21H21Cl2FN4O2/c1-2-30-19-9-13(22)3-4-18(19)28-20(12-27-7-5-25-6-8-27)26-17-11-15(23)16(24)10-14(17)21(28)29/h3-4,9-11,25H,2,5-8,12H2,1H3. The summed E-state index contributed by atoms with van der Waals surface area (Å²) in [5.41, 5.74) is 0.491. The van der Waals surface area contributed by atoms with Crippen LogP contribution >= 0.6 is 23.2 Å². The number of piperazine rings is 1. The maximum Gasteiger partial charge on any atom is 0.266 e. The number of benzene rings is 2. The maximum atomic E-state index is 14.1. The number of fused-ring (bicyclic) bond motifs is 1. The fourth-order valence-electron chi connectivity index (χ4n) is 3.59. The van der Waals surface area contributed by atoms with Crippen LogP contribution in [0.2, 0.25) is 10.0 Å². The molecule has 2 aromatic carbocycles. The van der Waals surface area contributed by atoms with Gasteiger partial charge < -0.3 is 10.1 Å². The zero-order valence-electron chi connectivity index (χ0n) is 16.4. The summed E-state index contributed by atoms with van der Waals surface area (Å²) in [6, 6.07) is 7.59. The molecule has 0 aliphatic carbocycles. The first-order valence-corrected chi connectivity index (χ1v) is 10.5. The van der Waals surface area contributed by atoms with Crippen LogP contribution in [0.15, 0.2) is 35.1 Å². The maximum absolute atomic E-state index is 14.1. The molecule has 2 heterocycles. The molecule has 0 spiro atoms. The smallest absolute Gasteiger partial charge is 0.266 e. The lowest BCUT2D eigenvalue weighted by atomic mass is 10.2. The van der Waals surface area contributed by atoms with Gasteiger partial charge in [-0.1, -0.05) is 23.2 Å². The van der Waals surface area contributed by atoms with E-state index in [9.17, 15) is 9.18 Å². The average Bonchev–Trinajstić information content (AvgIpc) is 2.72. The lowest BCUT2D eigenvalue weighted by Crippen LogP contribution is -2.44. The van der Waals surface area contributed by atoms with E-state index in [-0.39, 0.29) is 16.0 Å². The molecule has 1 N–H and O–H groups in total. The number of rotatable bonds is 5. The Morgan fingerprint density at radius 3 is 2.70 bits per heavy atom. The Labute approximate surface area is 183 Å². The molecule has 1 aliphatic rings. The van der Waals surface area contributed by atoms with Crippen molar-refractivity contribution in [3.8, 4) is 11.4 Å². The second kappa shape index (κ2) is 8.89. The Morgan fingerprint density at radius 2 is 1.97 bits per heavy atom.